The Morgan fingerprint density at radius 1 is 0.714 bits per heavy atom. The van der Waals surface area contributed by atoms with Crippen LogP contribution in [0.15, 0.2) is 12.1 Å². The summed E-state index contributed by atoms with van der Waals surface area (Å²) >= 11 is 2.08. The van der Waals surface area contributed by atoms with Gasteiger partial charge in [-0.1, -0.05) is 0 Å². The molecule has 0 bridgehead atoms. The van der Waals surface area contributed by atoms with E-state index in [2.05, 4.69) is 79.8 Å². The summed E-state index contributed by atoms with van der Waals surface area (Å²) in [6.45, 7) is 14.4. The van der Waals surface area contributed by atoms with Crippen LogP contribution in [0.2, 0.25) is 14.8 Å². The van der Waals surface area contributed by atoms with Crippen molar-refractivity contribution in [3.8, 4) is 0 Å². The first-order chi connectivity index (χ1) is 16.5. The van der Waals surface area contributed by atoms with Crippen molar-refractivity contribution in [3.63, 3.8) is 0 Å². The summed E-state index contributed by atoms with van der Waals surface area (Å²) in [7, 11) is 0. The Kier molecular flexibility index (Phi) is 11.1. The summed E-state index contributed by atoms with van der Waals surface area (Å²) in [5.41, 5.74) is 3.43. The van der Waals surface area contributed by atoms with Crippen molar-refractivity contribution in [2.45, 2.75) is 121 Å². The molecule has 0 amide bonds. The van der Waals surface area contributed by atoms with E-state index in [0.717, 1.165) is 17.8 Å². The Hall–Kier alpha value is -0.0613. The van der Waals surface area contributed by atoms with Gasteiger partial charge in [-0.2, -0.15) is 0 Å². The van der Waals surface area contributed by atoms with Gasteiger partial charge in [0.1, 0.15) is 0 Å². The predicted octanol–water partition coefficient (Wildman–Crippen LogP) is 11.1. The number of benzene rings is 1. The molecule has 0 aliphatic carbocycles. The van der Waals surface area contributed by atoms with E-state index in [1.165, 1.54) is 69.1 Å². The average molecular weight is 620 g/mol. The van der Waals surface area contributed by atoms with Crippen LogP contribution in [0.4, 0.5) is 0 Å². The topological polar surface area (TPSA) is 0 Å². The fraction of sp³-hybridized carbons (Fsp3) is 0.688. The zero-order chi connectivity index (χ0) is 25.8. The molecule has 3 rings (SSSR count). The molecule has 0 saturated carbocycles. The quantitative estimate of drug-likeness (QED) is 0.158. The molecule has 0 fully saturated rings. The van der Waals surface area contributed by atoms with Gasteiger partial charge in [-0.3, -0.25) is 0 Å². The summed E-state index contributed by atoms with van der Waals surface area (Å²) in [6, 6.07) is 5.20. The maximum absolute atomic E-state index is 2.67. The molecule has 2 aromatic heterocycles. The number of aryl methyl sites for hydroxylation is 3. The molecule has 0 N–H and O–H groups in total. The fourth-order valence-corrected chi connectivity index (χ4v) is 13.0. The molecular formula is C32H52S2Sn. The van der Waals surface area contributed by atoms with E-state index in [1.807, 2.05) is 11.3 Å². The molecule has 0 aliphatic rings. The van der Waals surface area contributed by atoms with E-state index in [1.54, 1.807) is 34.2 Å². The summed E-state index contributed by atoms with van der Waals surface area (Å²) in [5.74, 6) is 2.48. The van der Waals surface area contributed by atoms with E-state index in [-0.39, 0.29) is 0 Å². The van der Waals surface area contributed by atoms with Crippen LogP contribution in [0.25, 0.3) is 20.2 Å². The van der Waals surface area contributed by atoms with E-state index in [0.29, 0.717) is 0 Å². The van der Waals surface area contributed by atoms with Gasteiger partial charge in [0.05, 0.1) is 0 Å². The van der Waals surface area contributed by atoms with Crippen molar-refractivity contribution in [1.82, 2.24) is 0 Å². The Bertz CT molecular complexity index is 1080. The predicted molar refractivity (Wildman–Crippen MR) is 168 cm³/mol. The van der Waals surface area contributed by atoms with Gasteiger partial charge in [-0.25, -0.2) is 0 Å². The van der Waals surface area contributed by atoms with E-state index < -0.39 is 18.4 Å². The van der Waals surface area contributed by atoms with Gasteiger partial charge in [0.25, 0.3) is 0 Å². The molecule has 2 heterocycles. The standard InChI is InChI=1S/C29H43S2.3CH3.Sn/c1-7-8-11-21(4)14-16-25-24(15-13-22(5)12-9-10-20(2)3)26-17-18-30-28(26)29-27(25)19-23(6)31-29;;;;/h17,19-22H,7-16H2,1-6H3;3*1H3;. The summed E-state index contributed by atoms with van der Waals surface area (Å²) < 4.78 is 4.96. The van der Waals surface area contributed by atoms with Gasteiger partial charge in [-0.15, -0.1) is 0 Å². The third-order valence-corrected chi connectivity index (χ3v) is 19.6. The van der Waals surface area contributed by atoms with Gasteiger partial charge in [0.2, 0.25) is 0 Å². The number of unbranched alkanes of at least 4 members (excludes halogenated alkanes) is 1. The van der Waals surface area contributed by atoms with Crippen LogP contribution in [-0.4, -0.2) is 18.4 Å². The number of fused-ring (bicyclic) bond motifs is 3. The Morgan fingerprint density at radius 2 is 1.26 bits per heavy atom. The van der Waals surface area contributed by atoms with Crippen molar-refractivity contribution in [2.24, 2.45) is 17.8 Å². The second kappa shape index (κ2) is 13.1. The Morgan fingerprint density at radius 3 is 1.80 bits per heavy atom. The second-order valence-corrected chi connectivity index (χ2v) is 30.6. The first kappa shape index (κ1) is 29.5. The zero-order valence-corrected chi connectivity index (χ0v) is 28.8. The van der Waals surface area contributed by atoms with Gasteiger partial charge in [0.15, 0.2) is 0 Å². The molecule has 35 heavy (non-hydrogen) atoms. The van der Waals surface area contributed by atoms with Crippen molar-refractivity contribution in [3.05, 3.63) is 28.1 Å². The molecule has 0 aliphatic heterocycles. The minimum absolute atomic E-state index is 0.819. The van der Waals surface area contributed by atoms with Crippen LogP contribution < -0.4 is 2.89 Å². The average Bonchev–Trinajstić information content (AvgIpc) is 3.38. The second-order valence-electron chi connectivity index (χ2n) is 12.9. The minimum atomic E-state index is -2.13. The number of thiophene rings is 2. The third-order valence-electron chi connectivity index (χ3n) is 7.85. The van der Waals surface area contributed by atoms with Gasteiger partial charge in [0, 0.05) is 0 Å². The molecule has 0 nitrogen and oxygen atoms in total. The number of hydrogen-bond donors (Lipinski definition) is 0. The maximum atomic E-state index is 2.67. The van der Waals surface area contributed by atoms with Crippen LogP contribution in [0.3, 0.4) is 0 Å². The molecule has 2 atom stereocenters. The van der Waals surface area contributed by atoms with Crippen LogP contribution >= 0.6 is 22.7 Å². The zero-order valence-electron chi connectivity index (χ0n) is 24.3. The number of rotatable bonds is 14. The fourth-order valence-electron chi connectivity index (χ4n) is 5.45. The molecule has 3 aromatic rings. The summed E-state index contributed by atoms with van der Waals surface area (Å²) in [4.78, 5) is 9.24. The summed E-state index contributed by atoms with van der Waals surface area (Å²) in [5, 5.41) is 3.24. The molecule has 0 radical (unpaired) electrons. The SMILES string of the molecule is CCCCC(C)CCc1c(CCC(C)CCCC(C)C)c2c[c]([Sn]([CH3])([CH3])[CH3])sc2c2sc(C)cc12. The molecular weight excluding hydrogens is 567 g/mol. The Labute approximate surface area is 229 Å². The monoisotopic (exact) mass is 620 g/mol. The van der Waals surface area contributed by atoms with Crippen LogP contribution in [-0.2, 0) is 12.8 Å². The van der Waals surface area contributed by atoms with Gasteiger partial charge >= 0.3 is 231 Å². The number of hydrogen-bond acceptors (Lipinski definition) is 2. The van der Waals surface area contributed by atoms with Gasteiger partial charge < -0.3 is 0 Å². The molecule has 1 aromatic carbocycles. The van der Waals surface area contributed by atoms with E-state index in [9.17, 15) is 0 Å². The Balaban J connectivity index is 2.01. The van der Waals surface area contributed by atoms with Crippen molar-refractivity contribution in [1.29, 1.82) is 0 Å². The first-order valence-electron chi connectivity index (χ1n) is 14.5. The van der Waals surface area contributed by atoms with Crippen molar-refractivity contribution < 1.29 is 0 Å². The molecule has 3 heteroatoms. The van der Waals surface area contributed by atoms with Crippen molar-refractivity contribution >= 4 is 64.1 Å². The first-order valence-corrected chi connectivity index (χ1v) is 26.1. The molecule has 0 spiro atoms. The van der Waals surface area contributed by atoms with Crippen LogP contribution in [0.5, 0.6) is 0 Å². The normalized spacial score (nSPS) is 14.5. The van der Waals surface area contributed by atoms with Crippen LogP contribution in [0.1, 0.15) is 102 Å². The van der Waals surface area contributed by atoms with E-state index in [4.69, 9.17) is 0 Å². The molecule has 2 unspecified atom stereocenters. The van der Waals surface area contributed by atoms with E-state index >= 15 is 0 Å². The summed E-state index contributed by atoms with van der Waals surface area (Å²) in [6.07, 6.45) is 13.4. The molecule has 0 saturated heterocycles. The third kappa shape index (κ3) is 7.96. The van der Waals surface area contributed by atoms with Crippen LogP contribution in [0, 0.1) is 24.7 Å². The van der Waals surface area contributed by atoms with Gasteiger partial charge in [-0.05, 0) is 0 Å². The molecule has 196 valence electrons. The van der Waals surface area contributed by atoms with Crippen molar-refractivity contribution in [2.75, 3.05) is 0 Å².